The lowest BCUT2D eigenvalue weighted by Gasteiger charge is -2.15. The SMILES string of the molecule is COc1ccc(F)cc1C(N)c1cnc2ccccc2n1. The van der Waals surface area contributed by atoms with Crippen molar-refractivity contribution in [2.75, 3.05) is 7.11 Å². The zero-order valence-electron chi connectivity index (χ0n) is 11.5. The van der Waals surface area contributed by atoms with Gasteiger partial charge in [-0.1, -0.05) is 12.1 Å². The van der Waals surface area contributed by atoms with Crippen LogP contribution in [0.4, 0.5) is 4.39 Å². The predicted octanol–water partition coefficient (Wildman–Crippen LogP) is 2.83. The molecule has 106 valence electrons. The zero-order valence-corrected chi connectivity index (χ0v) is 11.5. The largest absolute Gasteiger partial charge is 0.496 e. The number of ether oxygens (including phenoxy) is 1. The Labute approximate surface area is 121 Å². The fraction of sp³-hybridized carbons (Fsp3) is 0.125. The van der Waals surface area contributed by atoms with Gasteiger partial charge in [0.2, 0.25) is 0 Å². The molecule has 0 radical (unpaired) electrons. The molecule has 5 heteroatoms. The quantitative estimate of drug-likeness (QED) is 0.803. The summed E-state index contributed by atoms with van der Waals surface area (Å²) in [5.41, 5.74) is 8.86. The van der Waals surface area contributed by atoms with E-state index >= 15 is 0 Å². The van der Waals surface area contributed by atoms with E-state index in [0.717, 1.165) is 11.0 Å². The van der Waals surface area contributed by atoms with Crippen LogP contribution in [-0.2, 0) is 0 Å². The van der Waals surface area contributed by atoms with Crippen LogP contribution in [0.2, 0.25) is 0 Å². The molecule has 0 amide bonds. The maximum absolute atomic E-state index is 13.5. The van der Waals surface area contributed by atoms with Gasteiger partial charge in [-0.3, -0.25) is 4.98 Å². The van der Waals surface area contributed by atoms with E-state index in [4.69, 9.17) is 10.5 Å². The Kier molecular flexibility index (Phi) is 3.50. The van der Waals surface area contributed by atoms with Crippen molar-refractivity contribution >= 4 is 11.0 Å². The number of methoxy groups -OCH3 is 1. The summed E-state index contributed by atoms with van der Waals surface area (Å²) in [5, 5.41) is 0. The minimum atomic E-state index is -0.604. The van der Waals surface area contributed by atoms with E-state index in [0.29, 0.717) is 17.0 Å². The molecule has 3 rings (SSSR count). The van der Waals surface area contributed by atoms with Gasteiger partial charge in [0.1, 0.15) is 11.6 Å². The molecule has 1 heterocycles. The smallest absolute Gasteiger partial charge is 0.124 e. The molecule has 3 aromatic rings. The molecular formula is C16H14FN3O. The van der Waals surface area contributed by atoms with E-state index in [1.54, 1.807) is 12.3 Å². The fourth-order valence-corrected chi connectivity index (χ4v) is 2.23. The van der Waals surface area contributed by atoms with E-state index in [1.165, 1.54) is 19.2 Å². The van der Waals surface area contributed by atoms with Crippen molar-refractivity contribution < 1.29 is 9.13 Å². The van der Waals surface area contributed by atoms with Crippen molar-refractivity contribution in [1.29, 1.82) is 0 Å². The molecule has 0 aliphatic heterocycles. The highest BCUT2D eigenvalue weighted by atomic mass is 19.1. The van der Waals surface area contributed by atoms with Gasteiger partial charge in [0, 0.05) is 5.56 Å². The standard InChI is InChI=1S/C16H14FN3O/c1-21-15-7-6-10(17)8-11(15)16(18)14-9-19-12-4-2-3-5-13(12)20-14/h2-9,16H,18H2,1H3. The normalized spacial score (nSPS) is 12.3. The third kappa shape index (κ3) is 2.55. The number of hydrogen-bond acceptors (Lipinski definition) is 4. The molecule has 2 N–H and O–H groups in total. The highest BCUT2D eigenvalue weighted by Crippen LogP contribution is 2.28. The monoisotopic (exact) mass is 283 g/mol. The van der Waals surface area contributed by atoms with Crippen LogP contribution in [-0.4, -0.2) is 17.1 Å². The van der Waals surface area contributed by atoms with Crippen LogP contribution in [0, 0.1) is 5.82 Å². The van der Waals surface area contributed by atoms with Crippen molar-refractivity contribution in [2.24, 2.45) is 5.73 Å². The zero-order chi connectivity index (χ0) is 14.8. The number of fused-ring (bicyclic) bond motifs is 1. The van der Waals surface area contributed by atoms with Crippen LogP contribution in [0.15, 0.2) is 48.7 Å². The molecule has 0 fully saturated rings. The van der Waals surface area contributed by atoms with Crippen LogP contribution in [0.3, 0.4) is 0 Å². The van der Waals surface area contributed by atoms with Crippen molar-refractivity contribution in [1.82, 2.24) is 9.97 Å². The lowest BCUT2D eigenvalue weighted by Crippen LogP contribution is -2.15. The molecule has 1 aromatic heterocycles. The van der Waals surface area contributed by atoms with Crippen molar-refractivity contribution in [3.05, 3.63) is 65.7 Å². The minimum absolute atomic E-state index is 0.366. The number of halogens is 1. The second-order valence-corrected chi connectivity index (χ2v) is 4.65. The summed E-state index contributed by atoms with van der Waals surface area (Å²) < 4.78 is 18.7. The Bertz CT molecular complexity index is 791. The summed E-state index contributed by atoms with van der Waals surface area (Å²) in [4.78, 5) is 8.82. The summed E-state index contributed by atoms with van der Waals surface area (Å²) in [6.07, 6.45) is 1.61. The van der Waals surface area contributed by atoms with Gasteiger partial charge in [-0.05, 0) is 30.3 Å². The molecule has 0 spiro atoms. The van der Waals surface area contributed by atoms with Crippen LogP contribution in [0.5, 0.6) is 5.75 Å². The second-order valence-electron chi connectivity index (χ2n) is 4.65. The van der Waals surface area contributed by atoms with Gasteiger partial charge in [0.15, 0.2) is 0 Å². The van der Waals surface area contributed by atoms with Crippen LogP contribution < -0.4 is 10.5 Å². The highest BCUT2D eigenvalue weighted by Gasteiger charge is 2.17. The summed E-state index contributed by atoms with van der Waals surface area (Å²) in [5.74, 6) is 0.161. The summed E-state index contributed by atoms with van der Waals surface area (Å²) >= 11 is 0. The average molecular weight is 283 g/mol. The molecule has 0 aliphatic rings. The number of rotatable bonds is 3. The number of nitrogens with two attached hydrogens (primary N) is 1. The number of nitrogens with zero attached hydrogens (tertiary/aromatic N) is 2. The summed E-state index contributed by atoms with van der Waals surface area (Å²) in [6, 6.07) is 11.2. The lowest BCUT2D eigenvalue weighted by atomic mass is 10.0. The minimum Gasteiger partial charge on any atom is -0.496 e. The van der Waals surface area contributed by atoms with Gasteiger partial charge >= 0.3 is 0 Å². The van der Waals surface area contributed by atoms with Crippen LogP contribution in [0.25, 0.3) is 11.0 Å². The number of benzene rings is 2. The first-order valence-electron chi connectivity index (χ1n) is 6.50. The Morgan fingerprint density at radius 3 is 2.67 bits per heavy atom. The average Bonchev–Trinajstić information content (AvgIpc) is 2.53. The Morgan fingerprint density at radius 2 is 1.90 bits per heavy atom. The molecular weight excluding hydrogens is 269 g/mol. The Balaban J connectivity index is 2.07. The topological polar surface area (TPSA) is 61.0 Å². The van der Waals surface area contributed by atoms with Gasteiger partial charge in [0.25, 0.3) is 0 Å². The van der Waals surface area contributed by atoms with Gasteiger partial charge in [-0.2, -0.15) is 0 Å². The maximum atomic E-state index is 13.5. The molecule has 0 bridgehead atoms. The van der Waals surface area contributed by atoms with E-state index in [1.807, 2.05) is 24.3 Å². The molecule has 0 saturated carbocycles. The van der Waals surface area contributed by atoms with Crippen molar-refractivity contribution in [3.63, 3.8) is 0 Å². The molecule has 0 aliphatic carbocycles. The van der Waals surface area contributed by atoms with Crippen LogP contribution >= 0.6 is 0 Å². The summed E-state index contributed by atoms with van der Waals surface area (Å²) in [7, 11) is 1.52. The maximum Gasteiger partial charge on any atom is 0.124 e. The van der Waals surface area contributed by atoms with Crippen LogP contribution in [0.1, 0.15) is 17.3 Å². The van der Waals surface area contributed by atoms with Gasteiger partial charge in [0.05, 0.1) is 36.1 Å². The first-order valence-corrected chi connectivity index (χ1v) is 6.50. The van der Waals surface area contributed by atoms with Gasteiger partial charge in [-0.25, -0.2) is 9.37 Å². The van der Waals surface area contributed by atoms with Crippen molar-refractivity contribution in [2.45, 2.75) is 6.04 Å². The van der Waals surface area contributed by atoms with E-state index in [-0.39, 0.29) is 5.82 Å². The third-order valence-electron chi connectivity index (χ3n) is 3.31. The summed E-state index contributed by atoms with van der Waals surface area (Å²) in [6.45, 7) is 0. The molecule has 4 nitrogen and oxygen atoms in total. The Morgan fingerprint density at radius 1 is 1.14 bits per heavy atom. The fourth-order valence-electron chi connectivity index (χ4n) is 2.23. The number of aromatic nitrogens is 2. The van der Waals surface area contributed by atoms with Gasteiger partial charge in [-0.15, -0.1) is 0 Å². The first kappa shape index (κ1) is 13.5. The van der Waals surface area contributed by atoms with Crippen molar-refractivity contribution in [3.8, 4) is 5.75 Å². The van der Waals surface area contributed by atoms with Gasteiger partial charge < -0.3 is 10.5 Å². The van der Waals surface area contributed by atoms with E-state index in [2.05, 4.69) is 9.97 Å². The second kappa shape index (κ2) is 5.46. The van der Waals surface area contributed by atoms with E-state index in [9.17, 15) is 4.39 Å². The number of para-hydroxylation sites is 2. The molecule has 1 atom stereocenters. The first-order chi connectivity index (χ1) is 10.2. The number of hydrogen-bond donors (Lipinski definition) is 1. The third-order valence-corrected chi connectivity index (χ3v) is 3.31. The van der Waals surface area contributed by atoms with E-state index < -0.39 is 6.04 Å². The molecule has 21 heavy (non-hydrogen) atoms. The molecule has 2 aromatic carbocycles. The molecule has 0 saturated heterocycles. The Hall–Kier alpha value is -2.53. The predicted molar refractivity (Wildman–Crippen MR) is 78.5 cm³/mol. The lowest BCUT2D eigenvalue weighted by molar-refractivity contribution is 0.406. The molecule has 1 unspecified atom stereocenters. The highest BCUT2D eigenvalue weighted by molar-refractivity contribution is 5.73.